The van der Waals surface area contributed by atoms with Crippen LogP contribution in [-0.2, 0) is 11.8 Å². The Morgan fingerprint density at radius 2 is 1.91 bits per heavy atom. The first-order valence-electron chi connectivity index (χ1n) is 10.9. The van der Waals surface area contributed by atoms with Gasteiger partial charge >= 0.3 is 0 Å². The lowest BCUT2D eigenvalue weighted by atomic mass is 10.1. The number of aryl methyl sites for hydroxylation is 1. The SMILES string of the molecule is COc1ccc(OC)c(-c2cc(C(=O)Nc3cnc(N4CCOCC4)nc3N(C)C)n(C)n2)c1. The molecule has 3 heterocycles. The quantitative estimate of drug-likeness (QED) is 0.559. The fraction of sp³-hybridized carbons (Fsp3) is 0.391. The summed E-state index contributed by atoms with van der Waals surface area (Å²) < 4.78 is 17.7. The summed E-state index contributed by atoms with van der Waals surface area (Å²) in [5.74, 6) is 2.20. The van der Waals surface area contributed by atoms with Crippen molar-refractivity contribution in [2.24, 2.45) is 7.05 Å². The Morgan fingerprint density at radius 1 is 1.15 bits per heavy atom. The Kier molecular flexibility index (Phi) is 6.82. The summed E-state index contributed by atoms with van der Waals surface area (Å²) in [4.78, 5) is 26.3. The Bertz CT molecular complexity index is 1170. The Morgan fingerprint density at radius 3 is 2.59 bits per heavy atom. The second kappa shape index (κ2) is 9.96. The first kappa shape index (κ1) is 23.3. The summed E-state index contributed by atoms with van der Waals surface area (Å²) in [5, 5.41) is 7.45. The van der Waals surface area contributed by atoms with Crippen LogP contribution >= 0.6 is 0 Å². The van der Waals surface area contributed by atoms with Gasteiger partial charge in [0.1, 0.15) is 22.9 Å². The van der Waals surface area contributed by atoms with Crippen LogP contribution < -0.4 is 24.6 Å². The molecular weight excluding hydrogens is 438 g/mol. The van der Waals surface area contributed by atoms with E-state index in [0.717, 1.165) is 18.7 Å². The molecule has 0 bridgehead atoms. The number of benzene rings is 1. The summed E-state index contributed by atoms with van der Waals surface area (Å²) in [5.41, 5.74) is 2.20. The lowest BCUT2D eigenvalue weighted by Gasteiger charge is -2.28. The van der Waals surface area contributed by atoms with Crippen LogP contribution in [0, 0.1) is 0 Å². The molecular formula is C23H29N7O4. The number of methoxy groups -OCH3 is 2. The molecule has 0 aliphatic carbocycles. The third-order valence-electron chi connectivity index (χ3n) is 5.52. The molecule has 180 valence electrons. The molecule has 0 atom stereocenters. The van der Waals surface area contributed by atoms with Crippen LogP contribution in [0.15, 0.2) is 30.5 Å². The number of rotatable bonds is 7. The second-order valence-electron chi connectivity index (χ2n) is 7.96. The number of hydrogen-bond donors (Lipinski definition) is 1. The number of aromatic nitrogens is 4. The Hall–Kier alpha value is -3.86. The van der Waals surface area contributed by atoms with Crippen molar-refractivity contribution in [3.63, 3.8) is 0 Å². The predicted octanol–water partition coefficient (Wildman–Crippen LogP) is 2.05. The summed E-state index contributed by atoms with van der Waals surface area (Å²) in [6.07, 6.45) is 1.63. The van der Waals surface area contributed by atoms with Gasteiger partial charge in [-0.1, -0.05) is 0 Å². The topological polar surface area (TPSA) is 107 Å². The van der Waals surface area contributed by atoms with E-state index < -0.39 is 0 Å². The molecule has 0 unspecified atom stereocenters. The fourth-order valence-corrected chi connectivity index (χ4v) is 3.72. The first-order valence-corrected chi connectivity index (χ1v) is 10.9. The summed E-state index contributed by atoms with van der Waals surface area (Å²) in [6, 6.07) is 7.15. The maximum absolute atomic E-state index is 13.2. The first-order chi connectivity index (χ1) is 16.4. The summed E-state index contributed by atoms with van der Waals surface area (Å²) in [6.45, 7) is 2.73. The van der Waals surface area contributed by atoms with E-state index in [1.54, 1.807) is 39.6 Å². The zero-order valence-corrected chi connectivity index (χ0v) is 20.0. The van der Waals surface area contributed by atoms with E-state index in [4.69, 9.17) is 14.2 Å². The van der Waals surface area contributed by atoms with Crippen molar-refractivity contribution < 1.29 is 19.0 Å². The minimum absolute atomic E-state index is 0.325. The van der Waals surface area contributed by atoms with E-state index in [9.17, 15) is 4.79 Å². The van der Waals surface area contributed by atoms with Crippen LogP contribution in [-0.4, -0.2) is 80.3 Å². The molecule has 1 N–H and O–H groups in total. The lowest BCUT2D eigenvalue weighted by molar-refractivity contribution is 0.101. The highest BCUT2D eigenvalue weighted by atomic mass is 16.5. The molecule has 1 saturated heterocycles. The van der Waals surface area contributed by atoms with Gasteiger partial charge in [-0.2, -0.15) is 10.1 Å². The van der Waals surface area contributed by atoms with Gasteiger partial charge in [0.25, 0.3) is 5.91 Å². The average molecular weight is 468 g/mol. The number of nitrogens with one attached hydrogen (secondary N) is 1. The molecule has 1 amide bonds. The van der Waals surface area contributed by atoms with Gasteiger partial charge in [-0.25, -0.2) is 4.98 Å². The number of anilines is 3. The summed E-state index contributed by atoms with van der Waals surface area (Å²) >= 11 is 0. The highest BCUT2D eigenvalue weighted by molar-refractivity contribution is 6.05. The molecule has 1 aliphatic heterocycles. The smallest absolute Gasteiger partial charge is 0.274 e. The molecule has 11 heteroatoms. The molecule has 3 aromatic rings. The average Bonchev–Trinajstić information content (AvgIpc) is 3.25. The predicted molar refractivity (Wildman–Crippen MR) is 129 cm³/mol. The van der Waals surface area contributed by atoms with E-state index >= 15 is 0 Å². The molecule has 2 aromatic heterocycles. The molecule has 0 saturated carbocycles. The number of nitrogens with zero attached hydrogens (tertiary/aromatic N) is 6. The molecule has 1 fully saturated rings. The number of morpholine rings is 1. The van der Waals surface area contributed by atoms with Crippen molar-refractivity contribution in [2.75, 3.05) is 69.7 Å². The third kappa shape index (κ3) is 4.74. The van der Waals surface area contributed by atoms with Crippen molar-refractivity contribution in [3.8, 4) is 22.8 Å². The van der Waals surface area contributed by atoms with Crippen LogP contribution in [0.5, 0.6) is 11.5 Å². The highest BCUT2D eigenvalue weighted by Crippen LogP contribution is 2.33. The number of hydrogen-bond acceptors (Lipinski definition) is 9. The molecule has 0 radical (unpaired) electrons. The van der Waals surface area contributed by atoms with E-state index in [0.29, 0.717) is 53.6 Å². The van der Waals surface area contributed by atoms with Crippen molar-refractivity contribution in [3.05, 3.63) is 36.2 Å². The van der Waals surface area contributed by atoms with Gasteiger partial charge in [-0.05, 0) is 24.3 Å². The van der Waals surface area contributed by atoms with E-state index in [1.165, 1.54) is 4.68 Å². The maximum atomic E-state index is 13.2. The van der Waals surface area contributed by atoms with Crippen LogP contribution in [0.2, 0.25) is 0 Å². The van der Waals surface area contributed by atoms with Gasteiger partial charge in [0, 0.05) is 39.8 Å². The van der Waals surface area contributed by atoms with Gasteiger partial charge in [0.2, 0.25) is 5.95 Å². The van der Waals surface area contributed by atoms with E-state index in [-0.39, 0.29) is 5.91 Å². The van der Waals surface area contributed by atoms with Crippen molar-refractivity contribution in [1.82, 2.24) is 19.7 Å². The molecule has 1 aromatic carbocycles. The number of ether oxygens (including phenoxy) is 3. The standard InChI is InChI=1S/C23H29N7O4/c1-28(2)21-18(14-24-23(26-21)30-8-10-34-11-9-30)25-22(31)19-13-17(27-29(19)3)16-12-15(32-4)6-7-20(16)33-5/h6-7,12-14H,8-11H2,1-5H3,(H,25,31). The Balaban J connectivity index is 1.61. The maximum Gasteiger partial charge on any atom is 0.274 e. The van der Waals surface area contributed by atoms with Crippen molar-refractivity contribution in [2.45, 2.75) is 0 Å². The van der Waals surface area contributed by atoms with Gasteiger partial charge in [0.05, 0.1) is 39.3 Å². The minimum atomic E-state index is -0.325. The van der Waals surface area contributed by atoms with Gasteiger partial charge in [-0.15, -0.1) is 0 Å². The van der Waals surface area contributed by atoms with Crippen LogP contribution in [0.1, 0.15) is 10.5 Å². The fourth-order valence-electron chi connectivity index (χ4n) is 3.72. The van der Waals surface area contributed by atoms with Crippen molar-refractivity contribution >= 4 is 23.4 Å². The van der Waals surface area contributed by atoms with Crippen LogP contribution in [0.4, 0.5) is 17.5 Å². The summed E-state index contributed by atoms with van der Waals surface area (Å²) in [7, 11) is 8.65. The zero-order chi connectivity index (χ0) is 24.2. The minimum Gasteiger partial charge on any atom is -0.497 e. The zero-order valence-electron chi connectivity index (χ0n) is 20.0. The van der Waals surface area contributed by atoms with E-state index in [2.05, 4.69) is 25.3 Å². The third-order valence-corrected chi connectivity index (χ3v) is 5.52. The molecule has 11 nitrogen and oxygen atoms in total. The van der Waals surface area contributed by atoms with Gasteiger partial charge in [-0.3, -0.25) is 9.48 Å². The normalized spacial score (nSPS) is 13.5. The van der Waals surface area contributed by atoms with Crippen LogP contribution in [0.25, 0.3) is 11.3 Å². The van der Waals surface area contributed by atoms with Gasteiger partial charge < -0.3 is 29.3 Å². The molecule has 4 rings (SSSR count). The monoisotopic (exact) mass is 467 g/mol. The second-order valence-corrected chi connectivity index (χ2v) is 7.96. The lowest BCUT2D eigenvalue weighted by Crippen LogP contribution is -2.37. The largest absolute Gasteiger partial charge is 0.497 e. The molecule has 34 heavy (non-hydrogen) atoms. The van der Waals surface area contributed by atoms with E-state index in [1.807, 2.05) is 31.1 Å². The van der Waals surface area contributed by atoms with Crippen molar-refractivity contribution in [1.29, 1.82) is 0 Å². The number of carbonyl (C=O) groups excluding carboxylic acids is 1. The number of carbonyl (C=O) groups is 1. The van der Waals surface area contributed by atoms with Crippen LogP contribution in [0.3, 0.4) is 0 Å². The number of amides is 1. The Labute approximate surface area is 198 Å². The highest BCUT2D eigenvalue weighted by Gasteiger charge is 2.21. The van der Waals surface area contributed by atoms with Gasteiger partial charge in [0.15, 0.2) is 5.82 Å². The molecule has 0 spiro atoms. The molecule has 1 aliphatic rings.